The Morgan fingerprint density at radius 3 is 2.42 bits per heavy atom. The zero-order valence-corrected chi connectivity index (χ0v) is 19.7. The molecule has 33 heavy (non-hydrogen) atoms. The number of aromatic nitrogens is 2. The second-order valence-corrected chi connectivity index (χ2v) is 10.6. The van der Waals surface area contributed by atoms with Crippen LogP contribution in [0.15, 0.2) is 23.1 Å². The van der Waals surface area contributed by atoms with Crippen molar-refractivity contribution in [2.75, 3.05) is 6.61 Å². The van der Waals surface area contributed by atoms with Crippen molar-refractivity contribution in [2.24, 2.45) is 23.2 Å². The van der Waals surface area contributed by atoms with E-state index in [0.717, 1.165) is 23.4 Å². The average Bonchev–Trinajstić information content (AvgIpc) is 2.76. The van der Waals surface area contributed by atoms with E-state index in [-0.39, 0.29) is 29.5 Å². The van der Waals surface area contributed by atoms with Crippen LogP contribution in [0.5, 0.6) is 0 Å². The van der Waals surface area contributed by atoms with E-state index in [2.05, 4.69) is 17.2 Å². The van der Waals surface area contributed by atoms with E-state index in [1.807, 2.05) is 13.8 Å². The number of hydrogen-bond donors (Lipinski definition) is 1. The van der Waals surface area contributed by atoms with Gasteiger partial charge in [0.05, 0.1) is 5.39 Å². The Labute approximate surface area is 193 Å². The maximum atomic E-state index is 12.9. The number of hydrogen-bond acceptors (Lipinski definition) is 5. The Morgan fingerprint density at radius 1 is 1.18 bits per heavy atom. The van der Waals surface area contributed by atoms with Crippen molar-refractivity contribution >= 4 is 22.9 Å². The molecule has 2 heterocycles. The summed E-state index contributed by atoms with van der Waals surface area (Å²) in [4.78, 5) is 42.7. The van der Waals surface area contributed by atoms with Gasteiger partial charge in [0.1, 0.15) is 11.2 Å². The van der Waals surface area contributed by atoms with Crippen molar-refractivity contribution in [3.05, 3.63) is 39.8 Å². The van der Waals surface area contributed by atoms with Gasteiger partial charge in [0.15, 0.2) is 6.61 Å². The molecule has 7 heteroatoms. The fraction of sp³-hybridized carbons (Fsp3) is 0.615. The summed E-state index contributed by atoms with van der Waals surface area (Å²) < 4.78 is 7.04. The number of amides is 1. The Bertz CT molecular complexity index is 1130. The Balaban J connectivity index is 1.25. The van der Waals surface area contributed by atoms with E-state index >= 15 is 0 Å². The molecule has 0 saturated heterocycles. The van der Waals surface area contributed by atoms with Gasteiger partial charge in [-0.25, -0.2) is 9.78 Å². The third kappa shape index (κ3) is 3.96. The van der Waals surface area contributed by atoms with Gasteiger partial charge < -0.3 is 14.6 Å². The highest BCUT2D eigenvalue weighted by molar-refractivity contribution is 5.94. The lowest BCUT2D eigenvalue weighted by molar-refractivity contribution is -0.128. The van der Waals surface area contributed by atoms with Crippen LogP contribution in [-0.4, -0.2) is 34.1 Å². The first kappa shape index (κ1) is 22.1. The third-order valence-corrected chi connectivity index (χ3v) is 8.34. The van der Waals surface area contributed by atoms with Gasteiger partial charge in [-0.05, 0) is 94.6 Å². The molecule has 2 aromatic heterocycles. The van der Waals surface area contributed by atoms with Gasteiger partial charge in [0.25, 0.3) is 5.91 Å². The molecule has 2 aromatic rings. The van der Waals surface area contributed by atoms with Gasteiger partial charge in [-0.1, -0.05) is 0 Å². The molecule has 0 aromatic carbocycles. The molecule has 0 spiro atoms. The Morgan fingerprint density at radius 2 is 1.82 bits per heavy atom. The number of pyridine rings is 2. The Hall–Kier alpha value is -2.70. The molecule has 4 saturated carbocycles. The van der Waals surface area contributed by atoms with Crippen molar-refractivity contribution in [3.8, 4) is 0 Å². The number of fused-ring (bicyclic) bond motifs is 1. The molecular weight excluding hydrogens is 418 g/mol. The molecule has 0 unspecified atom stereocenters. The van der Waals surface area contributed by atoms with Crippen molar-refractivity contribution in [1.29, 1.82) is 0 Å². The first-order valence-electron chi connectivity index (χ1n) is 12.3. The van der Waals surface area contributed by atoms with E-state index in [0.29, 0.717) is 17.6 Å². The zero-order valence-electron chi connectivity index (χ0n) is 19.7. The number of nitrogens with one attached hydrogen (secondary N) is 1. The summed E-state index contributed by atoms with van der Waals surface area (Å²) in [5.41, 5.74) is 1.03. The minimum atomic E-state index is -0.776. The molecule has 1 atom stereocenters. The summed E-state index contributed by atoms with van der Waals surface area (Å²) in [5.74, 6) is 1.34. The van der Waals surface area contributed by atoms with Crippen molar-refractivity contribution < 1.29 is 14.3 Å². The van der Waals surface area contributed by atoms with Crippen LogP contribution in [0.4, 0.5) is 0 Å². The van der Waals surface area contributed by atoms with E-state index in [1.54, 1.807) is 16.7 Å². The number of aryl methyl sites for hydroxylation is 2. The monoisotopic (exact) mass is 451 g/mol. The molecule has 4 aliphatic rings. The molecule has 0 aliphatic heterocycles. The first-order valence-corrected chi connectivity index (χ1v) is 12.3. The van der Waals surface area contributed by atoms with Crippen LogP contribution in [-0.2, 0) is 16.1 Å². The molecule has 1 N–H and O–H groups in total. The number of carbonyl (C=O) groups is 2. The van der Waals surface area contributed by atoms with Gasteiger partial charge in [-0.2, -0.15) is 0 Å². The fourth-order valence-corrected chi connectivity index (χ4v) is 7.10. The highest BCUT2D eigenvalue weighted by Gasteiger charge is 2.53. The molecule has 6 rings (SSSR count). The van der Waals surface area contributed by atoms with Gasteiger partial charge in [-0.15, -0.1) is 0 Å². The third-order valence-electron chi connectivity index (χ3n) is 8.34. The molecule has 4 fully saturated rings. The van der Waals surface area contributed by atoms with Crippen LogP contribution in [0.3, 0.4) is 0 Å². The first-order chi connectivity index (χ1) is 15.8. The highest BCUT2D eigenvalue weighted by atomic mass is 16.5. The van der Waals surface area contributed by atoms with Crippen molar-refractivity contribution in [1.82, 2.24) is 14.9 Å². The summed E-state index contributed by atoms with van der Waals surface area (Å²) in [5, 5.41) is 3.48. The SMILES string of the molecule is CCn1cc(C(=O)OCC(=O)N[C@@H](C)C23CC4CC(CC(C4)C2)C3)c(=O)c2ccc(C)nc21. The standard InChI is InChI=1S/C26H33N3O4/c1-4-29-13-21(23(31)20-6-5-15(2)27-24(20)29)25(32)33-14-22(30)28-16(3)26-10-17-7-18(11-26)9-19(8-17)12-26/h5-6,13,16-19H,4,7-12,14H2,1-3H3,(H,28,30)/t16-,17?,18?,19?,26?/m0/s1. The largest absolute Gasteiger partial charge is 0.452 e. The second-order valence-electron chi connectivity index (χ2n) is 10.6. The molecule has 7 nitrogen and oxygen atoms in total. The Kier molecular flexibility index (Phi) is 5.53. The number of carbonyl (C=O) groups excluding carboxylic acids is 2. The molecule has 0 radical (unpaired) electrons. The van der Waals surface area contributed by atoms with Crippen LogP contribution in [0, 0.1) is 30.1 Å². The maximum absolute atomic E-state index is 12.9. The lowest BCUT2D eigenvalue weighted by Crippen LogP contribution is -2.56. The number of ether oxygens (including phenoxy) is 1. The smallest absolute Gasteiger partial charge is 0.344 e. The minimum absolute atomic E-state index is 0.0596. The van der Waals surface area contributed by atoms with E-state index in [4.69, 9.17) is 4.74 Å². The van der Waals surface area contributed by atoms with E-state index in [9.17, 15) is 14.4 Å². The summed E-state index contributed by atoms with van der Waals surface area (Å²) >= 11 is 0. The van der Waals surface area contributed by atoms with Gasteiger partial charge >= 0.3 is 5.97 Å². The second kappa shape index (κ2) is 8.26. The summed E-state index contributed by atoms with van der Waals surface area (Å²) in [7, 11) is 0. The van der Waals surface area contributed by atoms with Crippen LogP contribution in [0.1, 0.15) is 68.4 Å². The van der Waals surface area contributed by atoms with E-state index < -0.39 is 11.4 Å². The predicted molar refractivity (Wildman–Crippen MR) is 125 cm³/mol. The summed E-state index contributed by atoms with van der Waals surface area (Å²) in [6, 6.07) is 3.49. The quantitative estimate of drug-likeness (QED) is 0.678. The molecule has 4 aliphatic carbocycles. The summed E-state index contributed by atoms with van der Waals surface area (Å²) in [6.45, 7) is 6.05. The average molecular weight is 452 g/mol. The molecule has 4 bridgehead atoms. The normalized spacial score (nSPS) is 28.6. The maximum Gasteiger partial charge on any atom is 0.344 e. The molecule has 176 valence electrons. The molecular formula is C26H33N3O4. The van der Waals surface area contributed by atoms with Crippen LogP contribution < -0.4 is 10.7 Å². The van der Waals surface area contributed by atoms with Gasteiger partial charge in [-0.3, -0.25) is 9.59 Å². The zero-order chi connectivity index (χ0) is 23.3. The lowest BCUT2D eigenvalue weighted by atomic mass is 9.48. The lowest BCUT2D eigenvalue weighted by Gasteiger charge is -2.59. The highest BCUT2D eigenvalue weighted by Crippen LogP contribution is 2.61. The molecule has 1 amide bonds. The van der Waals surface area contributed by atoms with Crippen LogP contribution in [0.25, 0.3) is 11.0 Å². The van der Waals surface area contributed by atoms with Gasteiger partial charge in [0.2, 0.25) is 5.43 Å². The fourth-order valence-electron chi connectivity index (χ4n) is 7.10. The summed E-state index contributed by atoms with van der Waals surface area (Å²) in [6.07, 6.45) is 9.13. The van der Waals surface area contributed by atoms with Crippen LogP contribution >= 0.6 is 0 Å². The topological polar surface area (TPSA) is 90.3 Å². The van der Waals surface area contributed by atoms with Crippen molar-refractivity contribution in [2.45, 2.75) is 71.9 Å². The number of nitrogens with zero attached hydrogens (tertiary/aromatic N) is 2. The van der Waals surface area contributed by atoms with Crippen LogP contribution in [0.2, 0.25) is 0 Å². The number of rotatable bonds is 6. The van der Waals surface area contributed by atoms with E-state index in [1.165, 1.54) is 44.7 Å². The minimum Gasteiger partial charge on any atom is -0.452 e. The van der Waals surface area contributed by atoms with Gasteiger partial charge in [0, 0.05) is 24.5 Å². The number of esters is 1. The van der Waals surface area contributed by atoms with Crippen molar-refractivity contribution in [3.63, 3.8) is 0 Å². The predicted octanol–water partition coefficient (Wildman–Crippen LogP) is 3.60.